The first-order chi connectivity index (χ1) is 9.25. The number of fused-ring (bicyclic) bond motifs is 3. The van der Waals surface area contributed by atoms with Gasteiger partial charge in [-0.25, -0.2) is 9.97 Å². The Hall–Kier alpha value is -1.46. The van der Waals surface area contributed by atoms with Crippen molar-refractivity contribution >= 4 is 11.2 Å². The van der Waals surface area contributed by atoms with E-state index in [2.05, 4.69) is 33.7 Å². The summed E-state index contributed by atoms with van der Waals surface area (Å²) in [6, 6.07) is 4.21. The maximum Gasteiger partial charge on any atom is 0.160 e. The van der Waals surface area contributed by atoms with Gasteiger partial charge >= 0.3 is 0 Å². The van der Waals surface area contributed by atoms with E-state index in [1.165, 1.54) is 0 Å². The van der Waals surface area contributed by atoms with Crippen LogP contribution in [0.15, 0.2) is 18.3 Å². The maximum atomic E-state index is 5.64. The Labute approximate surface area is 113 Å². The summed E-state index contributed by atoms with van der Waals surface area (Å²) in [6.45, 7) is 7.64. The second kappa shape index (κ2) is 5.27. The van der Waals surface area contributed by atoms with Gasteiger partial charge in [-0.05, 0) is 24.6 Å². The van der Waals surface area contributed by atoms with E-state index in [4.69, 9.17) is 4.74 Å². The molecule has 2 aromatic heterocycles. The lowest BCUT2D eigenvalue weighted by molar-refractivity contribution is 0.0561. The Morgan fingerprint density at radius 3 is 3.26 bits per heavy atom. The minimum absolute atomic E-state index is 0.280. The highest BCUT2D eigenvalue weighted by atomic mass is 16.5. The molecular weight excluding hydrogens is 240 g/mol. The predicted molar refractivity (Wildman–Crippen MR) is 73.9 cm³/mol. The molecule has 1 atom stereocenters. The second-order valence-electron chi connectivity index (χ2n) is 5.47. The standard InChI is InChI=1S/C14H20N4O/c1-10(2)6-15-7-11-8-19-9-13-17-12-4-3-5-16-14(12)18(11)13/h3-5,10-11,15H,6-9H2,1-2H3/t11-/m0/s1. The number of hydrogen-bond donors (Lipinski definition) is 1. The number of pyridine rings is 1. The minimum Gasteiger partial charge on any atom is -0.371 e. The summed E-state index contributed by atoms with van der Waals surface area (Å²) in [7, 11) is 0. The van der Waals surface area contributed by atoms with Gasteiger partial charge in [0, 0.05) is 12.7 Å². The lowest BCUT2D eigenvalue weighted by Crippen LogP contribution is -2.34. The van der Waals surface area contributed by atoms with E-state index < -0.39 is 0 Å². The van der Waals surface area contributed by atoms with Crippen LogP contribution >= 0.6 is 0 Å². The molecule has 0 unspecified atom stereocenters. The van der Waals surface area contributed by atoms with Crippen molar-refractivity contribution in [1.82, 2.24) is 19.9 Å². The minimum atomic E-state index is 0.280. The van der Waals surface area contributed by atoms with Crippen molar-refractivity contribution in [2.45, 2.75) is 26.5 Å². The number of nitrogens with one attached hydrogen (secondary N) is 1. The highest BCUT2D eigenvalue weighted by Gasteiger charge is 2.24. The fourth-order valence-electron chi connectivity index (χ4n) is 2.51. The largest absolute Gasteiger partial charge is 0.371 e. The molecule has 0 spiro atoms. The van der Waals surface area contributed by atoms with E-state index in [1.54, 1.807) is 0 Å². The monoisotopic (exact) mass is 260 g/mol. The SMILES string of the molecule is CC(C)CNC[C@H]1COCc2nc3cccnc3n21. The molecule has 5 heteroatoms. The third-order valence-electron chi connectivity index (χ3n) is 3.36. The van der Waals surface area contributed by atoms with Crippen molar-refractivity contribution in [2.75, 3.05) is 19.7 Å². The van der Waals surface area contributed by atoms with Crippen LogP contribution < -0.4 is 5.32 Å². The van der Waals surface area contributed by atoms with Gasteiger partial charge in [-0.3, -0.25) is 0 Å². The third kappa shape index (κ3) is 2.48. The first-order valence-electron chi connectivity index (χ1n) is 6.86. The molecule has 0 saturated carbocycles. The summed E-state index contributed by atoms with van der Waals surface area (Å²) in [5, 5.41) is 3.49. The molecule has 0 radical (unpaired) electrons. The molecule has 0 saturated heterocycles. The number of nitrogens with zero attached hydrogens (tertiary/aromatic N) is 3. The van der Waals surface area contributed by atoms with Crippen LogP contribution in [0.4, 0.5) is 0 Å². The van der Waals surface area contributed by atoms with Crippen LogP contribution in [0.1, 0.15) is 25.7 Å². The fraction of sp³-hybridized carbons (Fsp3) is 0.571. The van der Waals surface area contributed by atoms with Crippen LogP contribution in [0.25, 0.3) is 11.2 Å². The summed E-state index contributed by atoms with van der Waals surface area (Å²) in [5.74, 6) is 1.64. The van der Waals surface area contributed by atoms with Crippen molar-refractivity contribution in [3.8, 4) is 0 Å². The second-order valence-corrected chi connectivity index (χ2v) is 5.47. The first-order valence-corrected chi connectivity index (χ1v) is 6.86. The fourth-order valence-corrected chi connectivity index (χ4v) is 2.51. The molecule has 1 aliphatic rings. The number of aromatic nitrogens is 3. The van der Waals surface area contributed by atoms with E-state index in [0.29, 0.717) is 12.5 Å². The van der Waals surface area contributed by atoms with Gasteiger partial charge in [0.15, 0.2) is 5.65 Å². The van der Waals surface area contributed by atoms with E-state index in [9.17, 15) is 0 Å². The Balaban J connectivity index is 1.86. The molecule has 1 aliphatic heterocycles. The lowest BCUT2D eigenvalue weighted by Gasteiger charge is -2.26. The van der Waals surface area contributed by atoms with Crippen LogP contribution in [0, 0.1) is 5.92 Å². The van der Waals surface area contributed by atoms with E-state index in [-0.39, 0.29) is 6.04 Å². The highest BCUT2D eigenvalue weighted by molar-refractivity contribution is 5.71. The molecule has 5 nitrogen and oxygen atoms in total. The quantitative estimate of drug-likeness (QED) is 0.910. The van der Waals surface area contributed by atoms with E-state index >= 15 is 0 Å². The molecule has 0 aromatic carbocycles. The first kappa shape index (κ1) is 12.6. The summed E-state index contributed by atoms with van der Waals surface area (Å²) in [4.78, 5) is 9.06. The number of hydrogen-bond acceptors (Lipinski definition) is 4. The topological polar surface area (TPSA) is 52.0 Å². The van der Waals surface area contributed by atoms with Gasteiger partial charge in [-0.15, -0.1) is 0 Å². The van der Waals surface area contributed by atoms with Gasteiger partial charge in [-0.1, -0.05) is 13.8 Å². The Bertz CT molecular complexity index is 564. The van der Waals surface area contributed by atoms with Gasteiger partial charge in [0.1, 0.15) is 17.9 Å². The summed E-state index contributed by atoms with van der Waals surface area (Å²) in [5.41, 5.74) is 1.93. The average Bonchev–Trinajstić information content (AvgIpc) is 2.77. The Morgan fingerprint density at radius 1 is 1.53 bits per heavy atom. The van der Waals surface area contributed by atoms with E-state index in [0.717, 1.165) is 36.7 Å². The van der Waals surface area contributed by atoms with Crippen molar-refractivity contribution in [1.29, 1.82) is 0 Å². The van der Waals surface area contributed by atoms with Crippen molar-refractivity contribution in [3.63, 3.8) is 0 Å². The average molecular weight is 260 g/mol. The van der Waals surface area contributed by atoms with Gasteiger partial charge in [0.25, 0.3) is 0 Å². The highest BCUT2D eigenvalue weighted by Crippen LogP contribution is 2.23. The third-order valence-corrected chi connectivity index (χ3v) is 3.36. The predicted octanol–water partition coefficient (Wildman–Crippen LogP) is 1.75. The van der Waals surface area contributed by atoms with Gasteiger partial charge in [-0.2, -0.15) is 0 Å². The summed E-state index contributed by atoms with van der Waals surface area (Å²) in [6.07, 6.45) is 1.82. The lowest BCUT2D eigenvalue weighted by atomic mass is 10.2. The normalized spacial score (nSPS) is 19.0. The maximum absolute atomic E-state index is 5.64. The van der Waals surface area contributed by atoms with Crippen LogP contribution in [-0.4, -0.2) is 34.2 Å². The van der Waals surface area contributed by atoms with Crippen LogP contribution in [0.3, 0.4) is 0 Å². The zero-order chi connectivity index (χ0) is 13.2. The zero-order valence-electron chi connectivity index (χ0n) is 11.5. The smallest absolute Gasteiger partial charge is 0.160 e. The zero-order valence-corrected chi connectivity index (χ0v) is 11.5. The number of rotatable bonds is 4. The summed E-state index contributed by atoms with van der Waals surface area (Å²) < 4.78 is 7.87. The van der Waals surface area contributed by atoms with Crippen LogP contribution in [-0.2, 0) is 11.3 Å². The molecule has 0 fully saturated rings. The van der Waals surface area contributed by atoms with E-state index in [1.807, 2.05) is 18.3 Å². The number of imidazole rings is 1. The molecule has 0 amide bonds. The molecule has 0 aliphatic carbocycles. The van der Waals surface area contributed by atoms with Crippen LogP contribution in [0.2, 0.25) is 0 Å². The van der Waals surface area contributed by atoms with Gasteiger partial charge < -0.3 is 14.6 Å². The summed E-state index contributed by atoms with van der Waals surface area (Å²) >= 11 is 0. The Kier molecular flexibility index (Phi) is 3.48. The van der Waals surface area contributed by atoms with Gasteiger partial charge in [0.2, 0.25) is 0 Å². The van der Waals surface area contributed by atoms with Crippen LogP contribution in [0.5, 0.6) is 0 Å². The number of ether oxygens (including phenoxy) is 1. The molecule has 3 heterocycles. The molecular formula is C14H20N4O. The molecule has 0 bridgehead atoms. The molecule has 19 heavy (non-hydrogen) atoms. The van der Waals surface area contributed by atoms with Crippen molar-refractivity contribution in [2.24, 2.45) is 5.92 Å². The molecule has 3 rings (SSSR count). The molecule has 1 N–H and O–H groups in total. The molecule has 2 aromatic rings. The van der Waals surface area contributed by atoms with Crippen molar-refractivity contribution < 1.29 is 4.74 Å². The molecule has 102 valence electrons. The van der Waals surface area contributed by atoms with Crippen molar-refractivity contribution in [3.05, 3.63) is 24.2 Å². The Morgan fingerprint density at radius 2 is 2.42 bits per heavy atom. The van der Waals surface area contributed by atoms with Gasteiger partial charge in [0.05, 0.1) is 12.6 Å².